The van der Waals surface area contributed by atoms with Crippen molar-refractivity contribution >= 4 is 10.0 Å². The zero-order chi connectivity index (χ0) is 27.1. The van der Waals surface area contributed by atoms with E-state index in [-0.39, 0.29) is 17.6 Å². The molecule has 5 aromatic rings. The lowest BCUT2D eigenvalue weighted by Gasteiger charge is -2.15. The van der Waals surface area contributed by atoms with E-state index in [1.54, 1.807) is 60.7 Å². The Morgan fingerprint density at radius 3 is 1.79 bits per heavy atom. The van der Waals surface area contributed by atoms with Crippen LogP contribution in [-0.4, -0.2) is 20.2 Å². The Balaban J connectivity index is 1.31. The summed E-state index contributed by atoms with van der Waals surface area (Å²) in [6.45, 7) is -0.164. The molecule has 196 valence electrons. The minimum Gasteiger partial charge on any atom is -0.457 e. The van der Waals surface area contributed by atoms with E-state index in [9.17, 15) is 8.42 Å². The van der Waals surface area contributed by atoms with Gasteiger partial charge in [-0.15, -0.1) is 0 Å². The molecule has 0 radical (unpaired) electrons. The lowest BCUT2D eigenvalue weighted by molar-refractivity contribution is 0.115. The Bertz CT molecular complexity index is 1640. The third-order valence-corrected chi connectivity index (χ3v) is 6.47. The number of para-hydroxylation sites is 2. The standard InChI is InChI=1S/C30H24N2O6S/c31-39(33,34)29-20-26(38-24-10-5-2-6-11-24)17-18-27(29)28-12-7-19-32-30(28)36-21-35-22-13-15-25(16-14-22)37-23-8-3-1-4-9-23/h1-20H,21H2,(H2,31,33,34). The molecule has 39 heavy (non-hydrogen) atoms. The molecule has 5 rings (SSSR count). The molecule has 0 aliphatic rings. The molecule has 0 bridgehead atoms. The molecule has 8 nitrogen and oxygen atoms in total. The van der Waals surface area contributed by atoms with Crippen LogP contribution in [0.1, 0.15) is 0 Å². The first-order chi connectivity index (χ1) is 19.0. The van der Waals surface area contributed by atoms with E-state index in [1.165, 1.54) is 12.3 Å². The lowest BCUT2D eigenvalue weighted by atomic mass is 10.1. The van der Waals surface area contributed by atoms with E-state index in [0.29, 0.717) is 34.1 Å². The zero-order valence-corrected chi connectivity index (χ0v) is 21.5. The molecular weight excluding hydrogens is 516 g/mol. The smallest absolute Gasteiger partial charge is 0.238 e. The molecule has 0 aliphatic carbocycles. The summed E-state index contributed by atoms with van der Waals surface area (Å²) in [5, 5.41) is 5.56. The Morgan fingerprint density at radius 2 is 1.15 bits per heavy atom. The maximum atomic E-state index is 12.5. The summed E-state index contributed by atoms with van der Waals surface area (Å²) >= 11 is 0. The number of rotatable bonds is 10. The molecule has 0 saturated heterocycles. The van der Waals surface area contributed by atoms with Gasteiger partial charge in [0.15, 0.2) is 0 Å². The van der Waals surface area contributed by atoms with Crippen molar-refractivity contribution in [1.82, 2.24) is 4.98 Å². The predicted octanol–water partition coefficient (Wildman–Crippen LogP) is 6.40. The molecule has 0 aliphatic heterocycles. The number of nitrogens with two attached hydrogens (primary N) is 1. The zero-order valence-electron chi connectivity index (χ0n) is 20.6. The average molecular weight is 541 g/mol. The number of hydrogen-bond acceptors (Lipinski definition) is 7. The fraction of sp³-hybridized carbons (Fsp3) is 0.0333. The van der Waals surface area contributed by atoms with Crippen LogP contribution in [0.25, 0.3) is 11.1 Å². The van der Waals surface area contributed by atoms with E-state index in [4.69, 9.17) is 24.1 Å². The number of benzene rings is 4. The van der Waals surface area contributed by atoms with Crippen LogP contribution >= 0.6 is 0 Å². The first kappa shape index (κ1) is 25.8. The van der Waals surface area contributed by atoms with Gasteiger partial charge >= 0.3 is 0 Å². The summed E-state index contributed by atoms with van der Waals surface area (Å²) in [5.41, 5.74) is 0.756. The van der Waals surface area contributed by atoms with E-state index in [2.05, 4.69) is 4.98 Å². The van der Waals surface area contributed by atoms with E-state index >= 15 is 0 Å². The Hall–Kier alpha value is -4.86. The Kier molecular flexibility index (Phi) is 7.72. The van der Waals surface area contributed by atoms with Gasteiger partial charge in [-0.3, -0.25) is 0 Å². The van der Waals surface area contributed by atoms with Crippen molar-refractivity contribution < 1.29 is 27.4 Å². The maximum Gasteiger partial charge on any atom is 0.238 e. The second kappa shape index (κ2) is 11.7. The van der Waals surface area contributed by atoms with Gasteiger partial charge in [-0.05, 0) is 72.8 Å². The summed E-state index contributed by atoms with van der Waals surface area (Å²) in [4.78, 5) is 4.15. The van der Waals surface area contributed by atoms with Crippen LogP contribution in [-0.2, 0) is 10.0 Å². The number of aromatic nitrogens is 1. The highest BCUT2D eigenvalue weighted by molar-refractivity contribution is 7.89. The summed E-state index contributed by atoms with van der Waals surface area (Å²) in [7, 11) is -4.11. The van der Waals surface area contributed by atoms with Gasteiger partial charge in [-0.1, -0.05) is 36.4 Å². The molecule has 2 N–H and O–H groups in total. The van der Waals surface area contributed by atoms with E-state index in [1.807, 2.05) is 48.5 Å². The van der Waals surface area contributed by atoms with E-state index in [0.717, 1.165) is 5.75 Å². The molecule has 0 saturated carbocycles. The lowest BCUT2D eigenvalue weighted by Crippen LogP contribution is -2.14. The van der Waals surface area contributed by atoms with Gasteiger partial charge in [0.05, 0.1) is 4.90 Å². The van der Waals surface area contributed by atoms with E-state index < -0.39 is 10.0 Å². The van der Waals surface area contributed by atoms with Crippen molar-refractivity contribution in [2.75, 3.05) is 6.79 Å². The molecule has 0 unspecified atom stereocenters. The fourth-order valence-corrected chi connectivity index (χ4v) is 4.51. The third kappa shape index (κ3) is 6.72. The molecule has 0 fully saturated rings. The van der Waals surface area contributed by atoms with Crippen LogP contribution in [0.4, 0.5) is 0 Å². The normalized spacial score (nSPS) is 11.0. The first-order valence-electron chi connectivity index (χ1n) is 11.9. The Labute approximate surface area is 226 Å². The number of ether oxygens (including phenoxy) is 4. The molecule has 0 spiro atoms. The molecule has 4 aromatic carbocycles. The monoisotopic (exact) mass is 540 g/mol. The number of pyridine rings is 1. The number of nitrogens with zero attached hydrogens (tertiary/aromatic N) is 1. The van der Waals surface area contributed by atoms with Crippen LogP contribution in [0.15, 0.2) is 126 Å². The number of primary sulfonamides is 1. The van der Waals surface area contributed by atoms with Gasteiger partial charge in [0, 0.05) is 23.4 Å². The van der Waals surface area contributed by atoms with Crippen LogP contribution in [0.3, 0.4) is 0 Å². The van der Waals surface area contributed by atoms with Crippen molar-refractivity contribution in [1.29, 1.82) is 0 Å². The van der Waals surface area contributed by atoms with Crippen molar-refractivity contribution in [3.8, 4) is 45.8 Å². The molecule has 1 heterocycles. The highest BCUT2D eigenvalue weighted by Gasteiger charge is 2.20. The van der Waals surface area contributed by atoms with Gasteiger partial charge in [0.2, 0.25) is 22.7 Å². The largest absolute Gasteiger partial charge is 0.457 e. The third-order valence-electron chi connectivity index (χ3n) is 5.52. The van der Waals surface area contributed by atoms with Crippen molar-refractivity contribution in [2.24, 2.45) is 5.14 Å². The van der Waals surface area contributed by atoms with Gasteiger partial charge < -0.3 is 18.9 Å². The second-order valence-corrected chi connectivity index (χ2v) is 9.80. The van der Waals surface area contributed by atoms with Gasteiger partial charge in [0.1, 0.15) is 28.7 Å². The topological polar surface area (TPSA) is 110 Å². The summed E-state index contributed by atoms with van der Waals surface area (Å²) in [6, 6.07) is 33.6. The maximum absolute atomic E-state index is 12.5. The summed E-state index contributed by atoms with van der Waals surface area (Å²) in [5.74, 6) is 3.02. The molecule has 0 atom stereocenters. The van der Waals surface area contributed by atoms with Crippen molar-refractivity contribution in [3.05, 3.63) is 121 Å². The first-order valence-corrected chi connectivity index (χ1v) is 13.4. The SMILES string of the molecule is NS(=O)(=O)c1cc(Oc2ccccc2)ccc1-c1cccnc1OCOc1ccc(Oc2ccccc2)cc1. The van der Waals surface area contributed by atoms with Crippen LogP contribution < -0.4 is 24.1 Å². The molecular formula is C30H24N2O6S. The minimum atomic E-state index is -4.11. The highest BCUT2D eigenvalue weighted by Crippen LogP contribution is 2.36. The number of hydrogen-bond donors (Lipinski definition) is 1. The molecule has 1 aromatic heterocycles. The van der Waals surface area contributed by atoms with Crippen LogP contribution in [0.5, 0.6) is 34.6 Å². The van der Waals surface area contributed by atoms with Gasteiger partial charge in [-0.25, -0.2) is 18.5 Å². The highest BCUT2D eigenvalue weighted by atomic mass is 32.2. The predicted molar refractivity (Wildman–Crippen MR) is 147 cm³/mol. The molecule has 0 amide bonds. The quantitative estimate of drug-likeness (QED) is 0.204. The summed E-state index contributed by atoms with van der Waals surface area (Å²) < 4.78 is 48.1. The Morgan fingerprint density at radius 1 is 0.590 bits per heavy atom. The number of sulfonamides is 1. The summed E-state index contributed by atoms with van der Waals surface area (Å²) in [6.07, 6.45) is 1.54. The van der Waals surface area contributed by atoms with Crippen molar-refractivity contribution in [3.63, 3.8) is 0 Å². The van der Waals surface area contributed by atoms with Crippen LogP contribution in [0.2, 0.25) is 0 Å². The average Bonchev–Trinajstić information content (AvgIpc) is 2.95. The van der Waals surface area contributed by atoms with Crippen LogP contribution in [0, 0.1) is 0 Å². The second-order valence-electron chi connectivity index (χ2n) is 8.27. The molecule has 9 heteroatoms. The van der Waals surface area contributed by atoms with Gasteiger partial charge in [0.25, 0.3) is 0 Å². The fourth-order valence-electron chi connectivity index (χ4n) is 3.74. The van der Waals surface area contributed by atoms with Gasteiger partial charge in [-0.2, -0.15) is 0 Å². The van der Waals surface area contributed by atoms with Crippen molar-refractivity contribution in [2.45, 2.75) is 4.90 Å². The minimum absolute atomic E-state index is 0.122.